The van der Waals surface area contributed by atoms with Gasteiger partial charge in [0.15, 0.2) is 6.10 Å². The van der Waals surface area contributed by atoms with E-state index in [1.165, 1.54) is 31.2 Å². The number of sulfonamides is 1. The van der Waals surface area contributed by atoms with E-state index in [4.69, 9.17) is 14.3 Å². The summed E-state index contributed by atoms with van der Waals surface area (Å²) in [4.78, 5) is 25.1. The van der Waals surface area contributed by atoms with Crippen molar-refractivity contribution in [2.45, 2.75) is 24.8 Å². The van der Waals surface area contributed by atoms with E-state index in [9.17, 15) is 18.0 Å². The Morgan fingerprint density at radius 3 is 2.38 bits per heavy atom. The molecule has 8 nitrogen and oxygen atoms in total. The Morgan fingerprint density at radius 1 is 1.00 bits per heavy atom. The SMILES string of the molecule is Cc1c(C(=O)OC(C)C(=O)Nc2ccc(S(N)(=O)=O)cc2)oc2c1ccc1ccccc12. The molecule has 0 spiro atoms. The van der Waals surface area contributed by atoms with Crippen LogP contribution in [0.5, 0.6) is 0 Å². The molecule has 32 heavy (non-hydrogen) atoms. The van der Waals surface area contributed by atoms with Crippen molar-refractivity contribution in [3.05, 3.63) is 72.0 Å². The number of furan rings is 1. The molecule has 0 saturated carbocycles. The smallest absolute Gasteiger partial charge is 0.375 e. The van der Waals surface area contributed by atoms with Gasteiger partial charge in [-0.2, -0.15) is 0 Å². The van der Waals surface area contributed by atoms with Crippen LogP contribution in [0.15, 0.2) is 70.0 Å². The minimum atomic E-state index is -3.83. The molecule has 0 saturated heterocycles. The number of hydrogen-bond acceptors (Lipinski definition) is 6. The fraction of sp³-hybridized carbons (Fsp3) is 0.130. The lowest BCUT2D eigenvalue weighted by atomic mass is 10.1. The number of esters is 1. The van der Waals surface area contributed by atoms with Gasteiger partial charge in [0.05, 0.1) is 4.90 Å². The lowest BCUT2D eigenvalue weighted by Gasteiger charge is -2.13. The third-order valence-electron chi connectivity index (χ3n) is 5.12. The zero-order chi connectivity index (χ0) is 23.0. The molecule has 0 aliphatic carbocycles. The average Bonchev–Trinajstić information content (AvgIpc) is 3.10. The molecule has 4 rings (SSSR count). The van der Waals surface area contributed by atoms with Crippen molar-refractivity contribution in [1.82, 2.24) is 0 Å². The molecule has 3 aromatic carbocycles. The van der Waals surface area contributed by atoms with Gasteiger partial charge in [0.2, 0.25) is 15.8 Å². The standard InChI is InChI=1S/C23H20N2O6S/c1-13-18-12-7-15-5-3-4-6-19(15)21(18)31-20(13)23(27)30-14(2)22(26)25-16-8-10-17(11-9-16)32(24,28)29/h3-12,14H,1-2H3,(H,25,26)(H2,24,28,29). The Bertz CT molecular complexity index is 1460. The molecule has 0 aliphatic rings. The number of nitrogens with two attached hydrogens (primary N) is 1. The summed E-state index contributed by atoms with van der Waals surface area (Å²) in [6.07, 6.45) is -1.12. The summed E-state index contributed by atoms with van der Waals surface area (Å²) >= 11 is 0. The average molecular weight is 452 g/mol. The van der Waals surface area contributed by atoms with E-state index in [1.807, 2.05) is 36.4 Å². The van der Waals surface area contributed by atoms with Gasteiger partial charge in [-0.3, -0.25) is 4.79 Å². The van der Waals surface area contributed by atoms with Gasteiger partial charge < -0.3 is 14.5 Å². The lowest BCUT2D eigenvalue weighted by molar-refractivity contribution is -0.123. The van der Waals surface area contributed by atoms with Crippen molar-refractivity contribution in [2.24, 2.45) is 5.14 Å². The van der Waals surface area contributed by atoms with Gasteiger partial charge >= 0.3 is 5.97 Å². The first-order valence-corrected chi connectivity index (χ1v) is 11.3. The van der Waals surface area contributed by atoms with E-state index in [0.717, 1.165) is 16.2 Å². The van der Waals surface area contributed by atoms with Crippen LogP contribution >= 0.6 is 0 Å². The van der Waals surface area contributed by atoms with Gasteiger partial charge in [0.25, 0.3) is 5.91 Å². The van der Waals surface area contributed by atoms with E-state index in [1.54, 1.807) is 6.92 Å². The summed E-state index contributed by atoms with van der Waals surface area (Å²) in [6, 6.07) is 16.8. The minimum absolute atomic E-state index is 0.0357. The highest BCUT2D eigenvalue weighted by molar-refractivity contribution is 7.89. The molecular formula is C23H20N2O6S. The molecule has 0 bridgehead atoms. The Balaban J connectivity index is 1.51. The van der Waals surface area contributed by atoms with Crippen LogP contribution in [0.4, 0.5) is 5.69 Å². The van der Waals surface area contributed by atoms with Crippen molar-refractivity contribution < 1.29 is 27.2 Å². The van der Waals surface area contributed by atoms with Crippen LogP contribution in [0.25, 0.3) is 21.7 Å². The van der Waals surface area contributed by atoms with E-state index < -0.39 is 28.0 Å². The van der Waals surface area contributed by atoms with Crippen molar-refractivity contribution in [3.8, 4) is 0 Å². The molecule has 4 aromatic rings. The monoisotopic (exact) mass is 452 g/mol. The topological polar surface area (TPSA) is 129 Å². The molecule has 9 heteroatoms. The lowest BCUT2D eigenvalue weighted by Crippen LogP contribution is -2.30. The molecule has 1 heterocycles. The maximum atomic E-state index is 12.7. The first kappa shape index (κ1) is 21.5. The van der Waals surface area contributed by atoms with Gasteiger partial charge in [-0.05, 0) is 43.5 Å². The van der Waals surface area contributed by atoms with Gasteiger partial charge in [0.1, 0.15) is 5.58 Å². The number of nitrogens with one attached hydrogen (secondary N) is 1. The zero-order valence-corrected chi connectivity index (χ0v) is 18.1. The van der Waals surface area contributed by atoms with Crippen LogP contribution in [0, 0.1) is 6.92 Å². The molecule has 0 aliphatic heterocycles. The van der Waals surface area contributed by atoms with Crippen LogP contribution in [-0.4, -0.2) is 26.4 Å². The normalized spacial score (nSPS) is 12.6. The van der Waals surface area contributed by atoms with Crippen molar-refractivity contribution in [1.29, 1.82) is 0 Å². The van der Waals surface area contributed by atoms with Crippen LogP contribution in [0.3, 0.4) is 0 Å². The molecule has 3 N–H and O–H groups in total. The predicted molar refractivity (Wildman–Crippen MR) is 120 cm³/mol. The number of primary sulfonamides is 1. The number of hydrogen-bond donors (Lipinski definition) is 2. The van der Waals surface area contributed by atoms with Crippen LogP contribution in [0.2, 0.25) is 0 Å². The molecule has 0 radical (unpaired) electrons. The fourth-order valence-electron chi connectivity index (χ4n) is 3.38. The van der Waals surface area contributed by atoms with Crippen LogP contribution in [-0.2, 0) is 19.6 Å². The second-order valence-corrected chi connectivity index (χ2v) is 8.89. The highest BCUT2D eigenvalue weighted by atomic mass is 32.2. The van der Waals surface area contributed by atoms with Gasteiger partial charge in [-0.15, -0.1) is 0 Å². The Hall–Kier alpha value is -3.69. The number of benzene rings is 3. The largest absolute Gasteiger partial charge is 0.448 e. The van der Waals surface area contributed by atoms with Crippen molar-refractivity contribution in [2.75, 3.05) is 5.32 Å². The molecule has 1 amide bonds. The predicted octanol–water partition coefficient (Wildman–Crippen LogP) is 3.73. The first-order chi connectivity index (χ1) is 15.1. The van der Waals surface area contributed by atoms with Gasteiger partial charge in [-0.1, -0.05) is 36.4 Å². The molecule has 164 valence electrons. The third kappa shape index (κ3) is 4.08. The maximum Gasteiger partial charge on any atom is 0.375 e. The third-order valence-corrected chi connectivity index (χ3v) is 6.05. The van der Waals surface area contributed by atoms with E-state index in [-0.39, 0.29) is 10.7 Å². The number of amides is 1. The van der Waals surface area contributed by atoms with E-state index in [0.29, 0.717) is 16.8 Å². The first-order valence-electron chi connectivity index (χ1n) is 9.70. The number of carbonyl (C=O) groups excluding carboxylic acids is 2. The second-order valence-electron chi connectivity index (χ2n) is 7.33. The maximum absolute atomic E-state index is 12.7. The van der Waals surface area contributed by atoms with Gasteiger partial charge in [0, 0.05) is 22.0 Å². The minimum Gasteiger partial charge on any atom is -0.448 e. The molecule has 1 atom stereocenters. The summed E-state index contributed by atoms with van der Waals surface area (Å²) in [5, 5.41) is 10.3. The van der Waals surface area contributed by atoms with E-state index >= 15 is 0 Å². The Labute approximate surface area is 184 Å². The Kier molecular flexibility index (Phi) is 5.45. The molecular weight excluding hydrogens is 432 g/mol. The summed E-state index contributed by atoms with van der Waals surface area (Å²) in [7, 11) is -3.83. The van der Waals surface area contributed by atoms with Crippen LogP contribution < -0.4 is 10.5 Å². The molecule has 0 fully saturated rings. The Morgan fingerprint density at radius 2 is 1.69 bits per heavy atom. The number of rotatable bonds is 5. The van der Waals surface area contributed by atoms with E-state index in [2.05, 4.69) is 5.32 Å². The number of fused-ring (bicyclic) bond motifs is 3. The molecule has 1 unspecified atom stereocenters. The summed E-state index contributed by atoms with van der Waals surface area (Å²) in [5.74, 6) is -1.30. The number of aryl methyl sites for hydroxylation is 1. The fourth-order valence-corrected chi connectivity index (χ4v) is 3.90. The highest BCUT2D eigenvalue weighted by Crippen LogP contribution is 2.32. The number of carbonyl (C=O) groups is 2. The quantitative estimate of drug-likeness (QED) is 0.444. The number of ether oxygens (including phenoxy) is 1. The summed E-state index contributed by atoms with van der Waals surface area (Å²) in [6.45, 7) is 3.19. The summed E-state index contributed by atoms with van der Waals surface area (Å²) in [5.41, 5.74) is 1.54. The number of anilines is 1. The summed E-state index contributed by atoms with van der Waals surface area (Å²) < 4.78 is 33.8. The van der Waals surface area contributed by atoms with Crippen molar-refractivity contribution in [3.63, 3.8) is 0 Å². The van der Waals surface area contributed by atoms with Gasteiger partial charge in [-0.25, -0.2) is 18.4 Å². The van der Waals surface area contributed by atoms with Crippen LogP contribution in [0.1, 0.15) is 23.0 Å². The van der Waals surface area contributed by atoms with Crippen molar-refractivity contribution >= 4 is 49.3 Å². The zero-order valence-electron chi connectivity index (χ0n) is 17.3. The second kappa shape index (κ2) is 8.10. The molecule has 1 aromatic heterocycles. The highest BCUT2D eigenvalue weighted by Gasteiger charge is 2.25.